The third-order valence-corrected chi connectivity index (χ3v) is 2.70. The summed E-state index contributed by atoms with van der Waals surface area (Å²) in [5.41, 5.74) is 1.66. The first-order valence-electron chi connectivity index (χ1n) is 6.45. The molecule has 3 N–H and O–H groups in total. The highest BCUT2D eigenvalue weighted by atomic mass is 16.5. The molecule has 0 aliphatic heterocycles. The molecule has 0 aliphatic carbocycles. The van der Waals surface area contributed by atoms with E-state index in [1.54, 1.807) is 27.3 Å². The zero-order chi connectivity index (χ0) is 14.8. The van der Waals surface area contributed by atoms with Crippen LogP contribution in [0.3, 0.4) is 0 Å². The number of methoxy groups -OCH3 is 1. The van der Waals surface area contributed by atoms with Gasteiger partial charge in [0.25, 0.3) is 5.91 Å². The van der Waals surface area contributed by atoms with Crippen molar-refractivity contribution >= 4 is 11.9 Å². The van der Waals surface area contributed by atoms with E-state index in [0.29, 0.717) is 31.2 Å². The van der Waals surface area contributed by atoms with Gasteiger partial charge < -0.3 is 20.7 Å². The molecule has 0 saturated heterocycles. The summed E-state index contributed by atoms with van der Waals surface area (Å²) in [6.45, 7) is 1.90. The van der Waals surface area contributed by atoms with E-state index in [4.69, 9.17) is 4.74 Å². The number of carbonyl (C=O) groups is 1. The molecule has 0 saturated carbocycles. The number of hydrogen-bond donors (Lipinski definition) is 3. The fourth-order valence-corrected chi connectivity index (χ4v) is 1.64. The van der Waals surface area contributed by atoms with Gasteiger partial charge in [0.2, 0.25) is 0 Å². The number of amides is 1. The van der Waals surface area contributed by atoms with E-state index in [2.05, 4.69) is 20.9 Å². The van der Waals surface area contributed by atoms with E-state index >= 15 is 0 Å². The van der Waals surface area contributed by atoms with Crippen molar-refractivity contribution in [2.45, 2.75) is 6.54 Å². The number of rotatable bonds is 6. The minimum Gasteiger partial charge on any atom is -0.383 e. The number of benzene rings is 1. The summed E-state index contributed by atoms with van der Waals surface area (Å²) in [4.78, 5) is 15.7. The van der Waals surface area contributed by atoms with Gasteiger partial charge in [-0.05, 0) is 17.7 Å². The van der Waals surface area contributed by atoms with Crippen LogP contribution in [0.1, 0.15) is 15.9 Å². The van der Waals surface area contributed by atoms with Crippen molar-refractivity contribution in [1.29, 1.82) is 0 Å². The Morgan fingerprint density at radius 1 is 1.35 bits per heavy atom. The predicted molar refractivity (Wildman–Crippen MR) is 79.9 cm³/mol. The van der Waals surface area contributed by atoms with Crippen molar-refractivity contribution in [3.05, 3.63) is 35.4 Å². The zero-order valence-electron chi connectivity index (χ0n) is 12.2. The van der Waals surface area contributed by atoms with Crippen LogP contribution in [0.5, 0.6) is 0 Å². The average molecular weight is 278 g/mol. The van der Waals surface area contributed by atoms with Crippen LogP contribution >= 0.6 is 0 Å². The summed E-state index contributed by atoms with van der Waals surface area (Å²) in [6.07, 6.45) is 0. The Labute approximate surface area is 119 Å². The molecule has 0 atom stereocenters. The van der Waals surface area contributed by atoms with Gasteiger partial charge in [0, 0.05) is 39.9 Å². The first-order valence-corrected chi connectivity index (χ1v) is 6.45. The molecule has 0 fully saturated rings. The second kappa shape index (κ2) is 8.92. The van der Waals surface area contributed by atoms with Gasteiger partial charge >= 0.3 is 0 Å². The van der Waals surface area contributed by atoms with Crippen molar-refractivity contribution < 1.29 is 9.53 Å². The van der Waals surface area contributed by atoms with E-state index in [0.717, 1.165) is 5.56 Å². The minimum atomic E-state index is -0.0885. The molecule has 1 aromatic rings. The molecule has 1 rings (SSSR count). The first kappa shape index (κ1) is 16.0. The van der Waals surface area contributed by atoms with Gasteiger partial charge in [-0.15, -0.1) is 0 Å². The van der Waals surface area contributed by atoms with Gasteiger partial charge in [-0.25, -0.2) is 0 Å². The molecular formula is C14H22N4O2. The smallest absolute Gasteiger partial charge is 0.251 e. The quantitative estimate of drug-likeness (QED) is 0.399. The monoisotopic (exact) mass is 278 g/mol. The lowest BCUT2D eigenvalue weighted by Crippen LogP contribution is -2.38. The third-order valence-electron chi connectivity index (χ3n) is 2.70. The SMILES string of the molecule is CN=C(NCCOC)NCc1cccc(C(=O)NC)c1. The number of nitrogens with zero attached hydrogens (tertiary/aromatic N) is 1. The van der Waals surface area contributed by atoms with Gasteiger partial charge in [-0.2, -0.15) is 0 Å². The largest absolute Gasteiger partial charge is 0.383 e. The molecule has 20 heavy (non-hydrogen) atoms. The highest BCUT2D eigenvalue weighted by molar-refractivity contribution is 5.94. The summed E-state index contributed by atoms with van der Waals surface area (Å²) < 4.78 is 4.96. The number of hydrogen-bond acceptors (Lipinski definition) is 3. The van der Waals surface area contributed by atoms with Gasteiger partial charge in [0.15, 0.2) is 5.96 Å². The summed E-state index contributed by atoms with van der Waals surface area (Å²) in [6, 6.07) is 7.47. The van der Waals surface area contributed by atoms with Gasteiger partial charge in [0.1, 0.15) is 0 Å². The van der Waals surface area contributed by atoms with Crippen LogP contribution in [-0.4, -0.2) is 46.2 Å². The van der Waals surface area contributed by atoms with Gasteiger partial charge in [-0.3, -0.25) is 9.79 Å². The Balaban J connectivity index is 2.54. The molecule has 6 heteroatoms. The lowest BCUT2D eigenvalue weighted by atomic mass is 10.1. The maximum absolute atomic E-state index is 11.6. The number of nitrogens with one attached hydrogen (secondary N) is 3. The molecule has 110 valence electrons. The van der Waals surface area contributed by atoms with Crippen LogP contribution in [0, 0.1) is 0 Å². The Bertz CT molecular complexity index is 460. The standard InChI is InChI=1S/C14H22N4O2/c1-15-13(19)12-6-4-5-11(9-12)10-18-14(16-2)17-7-8-20-3/h4-6,9H,7-8,10H2,1-3H3,(H,15,19)(H2,16,17,18). The summed E-state index contributed by atoms with van der Waals surface area (Å²) in [7, 11) is 4.99. The van der Waals surface area contributed by atoms with Crippen LogP contribution in [-0.2, 0) is 11.3 Å². The zero-order valence-corrected chi connectivity index (χ0v) is 12.2. The van der Waals surface area contributed by atoms with E-state index < -0.39 is 0 Å². The van der Waals surface area contributed by atoms with Crippen LogP contribution < -0.4 is 16.0 Å². The molecule has 0 heterocycles. The van der Waals surface area contributed by atoms with Crippen LogP contribution in [0.2, 0.25) is 0 Å². The molecular weight excluding hydrogens is 256 g/mol. The van der Waals surface area contributed by atoms with Crippen LogP contribution in [0.25, 0.3) is 0 Å². The van der Waals surface area contributed by atoms with E-state index in [1.165, 1.54) is 0 Å². The summed E-state index contributed by atoms with van der Waals surface area (Å²) in [5.74, 6) is 0.613. The second-order valence-electron chi connectivity index (χ2n) is 4.12. The van der Waals surface area contributed by atoms with Crippen molar-refractivity contribution in [3.63, 3.8) is 0 Å². The topological polar surface area (TPSA) is 74.8 Å². The fourth-order valence-electron chi connectivity index (χ4n) is 1.64. The highest BCUT2D eigenvalue weighted by Gasteiger charge is 2.04. The predicted octanol–water partition coefficient (Wildman–Crippen LogP) is 0.358. The van der Waals surface area contributed by atoms with Crippen LogP contribution in [0.4, 0.5) is 0 Å². The average Bonchev–Trinajstić information content (AvgIpc) is 2.50. The van der Waals surface area contributed by atoms with Crippen molar-refractivity contribution in [2.75, 3.05) is 34.4 Å². The van der Waals surface area contributed by atoms with Crippen LogP contribution in [0.15, 0.2) is 29.3 Å². The normalized spacial score (nSPS) is 11.1. The first-order chi connectivity index (χ1) is 9.71. The fraction of sp³-hybridized carbons (Fsp3) is 0.429. The molecule has 0 aliphatic rings. The van der Waals surface area contributed by atoms with Gasteiger partial charge in [-0.1, -0.05) is 12.1 Å². The van der Waals surface area contributed by atoms with E-state index in [-0.39, 0.29) is 5.91 Å². The van der Waals surface area contributed by atoms with Crippen molar-refractivity contribution in [1.82, 2.24) is 16.0 Å². The number of aliphatic imine (C=N–C) groups is 1. The Morgan fingerprint density at radius 3 is 2.80 bits per heavy atom. The molecule has 0 aromatic heterocycles. The minimum absolute atomic E-state index is 0.0885. The molecule has 1 amide bonds. The van der Waals surface area contributed by atoms with Gasteiger partial charge in [0.05, 0.1) is 6.61 Å². The molecule has 0 bridgehead atoms. The Kier molecular flexibility index (Phi) is 7.13. The van der Waals surface area contributed by atoms with Crippen molar-refractivity contribution in [3.8, 4) is 0 Å². The van der Waals surface area contributed by atoms with E-state index in [1.807, 2.05) is 18.2 Å². The maximum Gasteiger partial charge on any atom is 0.251 e. The summed E-state index contributed by atoms with van der Waals surface area (Å²) >= 11 is 0. The Morgan fingerprint density at radius 2 is 2.15 bits per heavy atom. The number of guanidine groups is 1. The molecule has 1 aromatic carbocycles. The number of ether oxygens (including phenoxy) is 1. The summed E-state index contributed by atoms with van der Waals surface area (Å²) in [5, 5.41) is 8.91. The maximum atomic E-state index is 11.6. The lowest BCUT2D eigenvalue weighted by Gasteiger charge is -2.12. The molecule has 0 radical (unpaired) electrons. The lowest BCUT2D eigenvalue weighted by molar-refractivity contribution is 0.0963. The molecule has 0 unspecified atom stereocenters. The molecule has 6 nitrogen and oxygen atoms in total. The highest BCUT2D eigenvalue weighted by Crippen LogP contribution is 2.04. The van der Waals surface area contributed by atoms with Crippen molar-refractivity contribution in [2.24, 2.45) is 4.99 Å². The third kappa shape index (κ3) is 5.27. The Hall–Kier alpha value is -2.08. The molecule has 0 spiro atoms. The number of carbonyl (C=O) groups excluding carboxylic acids is 1. The second-order valence-corrected chi connectivity index (χ2v) is 4.12. The van der Waals surface area contributed by atoms with E-state index in [9.17, 15) is 4.79 Å².